The SMILES string of the molecule is C[C@H](N)C(=O)Oc1ccccc1N=Nc1ccc(NC(=O)[C@@H](N)CCCCN)nc1N. The number of nitrogens with two attached hydrogens (primary N) is 4. The average Bonchev–Trinajstić information content (AvgIpc) is 2.74. The van der Waals surface area contributed by atoms with Crippen LogP contribution in [-0.2, 0) is 9.59 Å². The maximum absolute atomic E-state index is 12.1. The van der Waals surface area contributed by atoms with Crippen molar-refractivity contribution in [3.8, 4) is 5.75 Å². The monoisotopic (exact) mass is 428 g/mol. The van der Waals surface area contributed by atoms with Crippen molar-refractivity contribution in [2.45, 2.75) is 38.3 Å². The smallest absolute Gasteiger partial charge is 0.328 e. The van der Waals surface area contributed by atoms with Crippen LogP contribution in [0.25, 0.3) is 0 Å². The molecule has 2 aromatic rings. The molecular weight excluding hydrogens is 400 g/mol. The number of aromatic nitrogens is 1. The van der Waals surface area contributed by atoms with Gasteiger partial charge in [0, 0.05) is 0 Å². The summed E-state index contributed by atoms with van der Waals surface area (Å²) in [7, 11) is 0. The summed E-state index contributed by atoms with van der Waals surface area (Å²) < 4.78 is 5.22. The van der Waals surface area contributed by atoms with Crippen LogP contribution in [-0.4, -0.2) is 35.5 Å². The largest absolute Gasteiger partial charge is 0.423 e. The van der Waals surface area contributed by atoms with Gasteiger partial charge >= 0.3 is 5.97 Å². The summed E-state index contributed by atoms with van der Waals surface area (Å²) in [4.78, 5) is 28.0. The van der Waals surface area contributed by atoms with Gasteiger partial charge in [-0.05, 0) is 50.6 Å². The highest BCUT2D eigenvalue weighted by molar-refractivity contribution is 5.94. The molecule has 0 aliphatic carbocycles. The van der Waals surface area contributed by atoms with Crippen molar-refractivity contribution in [1.82, 2.24) is 4.98 Å². The molecule has 0 unspecified atom stereocenters. The van der Waals surface area contributed by atoms with Gasteiger partial charge in [-0.2, -0.15) is 0 Å². The minimum Gasteiger partial charge on any atom is -0.423 e. The van der Waals surface area contributed by atoms with E-state index in [9.17, 15) is 9.59 Å². The molecule has 0 fully saturated rings. The van der Waals surface area contributed by atoms with E-state index in [1.807, 2.05) is 0 Å². The van der Waals surface area contributed by atoms with Crippen molar-refractivity contribution in [2.24, 2.45) is 27.4 Å². The van der Waals surface area contributed by atoms with Crippen molar-refractivity contribution < 1.29 is 14.3 Å². The molecule has 1 amide bonds. The van der Waals surface area contributed by atoms with Crippen molar-refractivity contribution >= 4 is 34.9 Å². The minimum atomic E-state index is -0.777. The molecule has 11 heteroatoms. The summed E-state index contributed by atoms with van der Waals surface area (Å²) in [5, 5.41) is 10.8. The number of nitrogens with one attached hydrogen (secondary N) is 1. The maximum Gasteiger partial charge on any atom is 0.328 e. The van der Waals surface area contributed by atoms with E-state index in [0.29, 0.717) is 18.7 Å². The lowest BCUT2D eigenvalue weighted by molar-refractivity contribution is -0.135. The summed E-state index contributed by atoms with van der Waals surface area (Å²) >= 11 is 0. The summed E-state index contributed by atoms with van der Waals surface area (Å²) in [6, 6.07) is 8.26. The van der Waals surface area contributed by atoms with Gasteiger partial charge in [0.2, 0.25) is 5.91 Å². The number of pyridine rings is 1. The Labute approximate surface area is 180 Å². The van der Waals surface area contributed by atoms with Crippen LogP contribution in [0.4, 0.5) is 23.0 Å². The number of carbonyl (C=O) groups excluding carboxylic acids is 2. The molecule has 0 saturated heterocycles. The number of para-hydroxylation sites is 1. The van der Waals surface area contributed by atoms with Crippen molar-refractivity contribution in [2.75, 3.05) is 17.6 Å². The molecular formula is C20H28N8O3. The number of carbonyl (C=O) groups is 2. The van der Waals surface area contributed by atoms with E-state index in [2.05, 4.69) is 20.5 Å². The molecule has 0 saturated carbocycles. The number of unbranched alkanes of at least 4 members (excludes halogenated alkanes) is 1. The molecule has 1 aromatic heterocycles. The van der Waals surface area contributed by atoms with E-state index >= 15 is 0 Å². The maximum atomic E-state index is 12.1. The second-order valence-electron chi connectivity index (χ2n) is 6.86. The highest BCUT2D eigenvalue weighted by Crippen LogP contribution is 2.30. The molecule has 0 radical (unpaired) electrons. The molecule has 0 spiro atoms. The van der Waals surface area contributed by atoms with Crippen molar-refractivity contribution in [1.29, 1.82) is 0 Å². The molecule has 11 nitrogen and oxygen atoms in total. The molecule has 1 heterocycles. The topological polar surface area (TPSA) is 197 Å². The van der Waals surface area contributed by atoms with Crippen LogP contribution in [0.15, 0.2) is 46.6 Å². The molecule has 0 aliphatic heterocycles. The third kappa shape index (κ3) is 7.41. The third-order valence-electron chi connectivity index (χ3n) is 4.17. The van der Waals surface area contributed by atoms with Crippen LogP contribution in [0, 0.1) is 0 Å². The Balaban J connectivity index is 2.07. The fourth-order valence-corrected chi connectivity index (χ4v) is 2.42. The zero-order valence-corrected chi connectivity index (χ0v) is 17.3. The number of esters is 1. The highest BCUT2D eigenvalue weighted by atomic mass is 16.5. The lowest BCUT2D eigenvalue weighted by Crippen LogP contribution is -2.35. The number of anilines is 2. The number of nitrogens with zero attached hydrogens (tertiary/aromatic N) is 3. The zero-order chi connectivity index (χ0) is 22.8. The van der Waals surface area contributed by atoms with E-state index in [4.69, 9.17) is 27.7 Å². The molecule has 0 bridgehead atoms. The quantitative estimate of drug-likeness (QED) is 0.163. The summed E-state index contributed by atoms with van der Waals surface area (Å²) in [6.07, 6.45) is 2.10. The van der Waals surface area contributed by atoms with Gasteiger partial charge in [-0.1, -0.05) is 18.6 Å². The van der Waals surface area contributed by atoms with E-state index in [0.717, 1.165) is 12.8 Å². The summed E-state index contributed by atoms with van der Waals surface area (Å²) in [5.74, 6) is -0.425. The van der Waals surface area contributed by atoms with Gasteiger partial charge in [0.25, 0.3) is 0 Å². The first kappa shape index (κ1) is 23.9. The molecule has 2 atom stereocenters. The van der Waals surface area contributed by atoms with Crippen LogP contribution in [0.3, 0.4) is 0 Å². The standard InChI is InChI=1S/C20H28N8O3/c1-12(22)20(30)31-16-8-3-2-7-14(16)27-28-15-9-10-17(25-18(15)24)26-19(29)13(23)6-4-5-11-21/h2-3,7-10,12-13H,4-6,11,21-23H2,1H3,(H3,24,25,26,29)/t12-,13-/m0/s1. The molecule has 166 valence electrons. The minimum absolute atomic E-state index is 0.0586. The number of ether oxygens (including phenoxy) is 1. The lowest BCUT2D eigenvalue weighted by atomic mass is 10.1. The number of hydrogen-bond donors (Lipinski definition) is 5. The predicted octanol–water partition coefficient (Wildman–Crippen LogP) is 1.73. The van der Waals surface area contributed by atoms with Gasteiger partial charge in [-0.15, -0.1) is 10.2 Å². The number of rotatable bonds is 10. The summed E-state index contributed by atoms with van der Waals surface area (Å²) in [5.41, 5.74) is 23.3. The van der Waals surface area contributed by atoms with Crippen LogP contribution in [0.1, 0.15) is 26.2 Å². The van der Waals surface area contributed by atoms with Gasteiger partial charge in [-0.25, -0.2) is 9.78 Å². The van der Waals surface area contributed by atoms with Crippen LogP contribution in [0.5, 0.6) is 5.75 Å². The Kier molecular flexibility index (Phi) is 9.00. The van der Waals surface area contributed by atoms with Gasteiger partial charge in [-0.3, -0.25) is 4.79 Å². The van der Waals surface area contributed by atoms with Gasteiger partial charge in [0.1, 0.15) is 23.2 Å². The molecule has 9 N–H and O–H groups in total. The van der Waals surface area contributed by atoms with E-state index in [1.165, 1.54) is 13.0 Å². The lowest BCUT2D eigenvalue weighted by Gasteiger charge is -2.12. The molecule has 0 aliphatic rings. The molecule has 31 heavy (non-hydrogen) atoms. The Morgan fingerprint density at radius 2 is 1.81 bits per heavy atom. The van der Waals surface area contributed by atoms with Crippen LogP contribution < -0.4 is 33.0 Å². The number of amides is 1. The van der Waals surface area contributed by atoms with Crippen LogP contribution in [0.2, 0.25) is 0 Å². The number of hydrogen-bond acceptors (Lipinski definition) is 10. The van der Waals surface area contributed by atoms with Crippen molar-refractivity contribution in [3.05, 3.63) is 36.4 Å². The first-order valence-electron chi connectivity index (χ1n) is 9.83. The van der Waals surface area contributed by atoms with E-state index < -0.39 is 18.1 Å². The van der Waals surface area contributed by atoms with Crippen LogP contribution >= 0.6 is 0 Å². The summed E-state index contributed by atoms with van der Waals surface area (Å²) in [6.45, 7) is 2.08. The second-order valence-corrected chi connectivity index (χ2v) is 6.86. The fourth-order valence-electron chi connectivity index (χ4n) is 2.42. The van der Waals surface area contributed by atoms with Gasteiger partial charge < -0.3 is 33.0 Å². The first-order chi connectivity index (χ1) is 14.8. The van der Waals surface area contributed by atoms with Crippen molar-refractivity contribution in [3.63, 3.8) is 0 Å². The normalized spacial score (nSPS) is 13.0. The number of azo groups is 1. The first-order valence-corrected chi connectivity index (χ1v) is 9.83. The average molecular weight is 428 g/mol. The molecule has 2 rings (SSSR count). The Bertz CT molecular complexity index is 932. The number of nitrogen functional groups attached to an aromatic ring is 1. The second kappa shape index (κ2) is 11.7. The van der Waals surface area contributed by atoms with Gasteiger partial charge in [0.15, 0.2) is 11.6 Å². The number of benzene rings is 1. The Morgan fingerprint density at radius 3 is 2.48 bits per heavy atom. The van der Waals surface area contributed by atoms with Gasteiger partial charge in [0.05, 0.1) is 6.04 Å². The Hall–Kier alpha value is -3.41. The Morgan fingerprint density at radius 1 is 1.10 bits per heavy atom. The van der Waals surface area contributed by atoms with E-state index in [-0.39, 0.29) is 29.0 Å². The predicted molar refractivity (Wildman–Crippen MR) is 118 cm³/mol. The zero-order valence-electron chi connectivity index (χ0n) is 17.3. The van der Waals surface area contributed by atoms with E-state index in [1.54, 1.807) is 30.3 Å². The fraction of sp³-hybridized carbons (Fsp3) is 0.350. The third-order valence-corrected chi connectivity index (χ3v) is 4.17. The molecule has 1 aromatic carbocycles. The highest BCUT2D eigenvalue weighted by Gasteiger charge is 2.15.